The van der Waals surface area contributed by atoms with Crippen LogP contribution in [0.3, 0.4) is 0 Å². The molecule has 0 spiro atoms. The number of imide groups is 1. The quantitative estimate of drug-likeness (QED) is 0.827. The van der Waals surface area contributed by atoms with E-state index in [4.69, 9.17) is 4.42 Å². The van der Waals surface area contributed by atoms with Crippen molar-refractivity contribution in [2.45, 2.75) is 55.5 Å². The summed E-state index contributed by atoms with van der Waals surface area (Å²) in [5.41, 5.74) is 1.44. The van der Waals surface area contributed by atoms with Gasteiger partial charge < -0.3 is 9.73 Å². The Balaban J connectivity index is 1.51. The first kappa shape index (κ1) is 16.8. The van der Waals surface area contributed by atoms with Crippen LogP contribution in [0.2, 0.25) is 0 Å². The first-order valence-electron chi connectivity index (χ1n) is 8.25. The molecule has 1 heterocycles. The van der Waals surface area contributed by atoms with E-state index in [0.717, 1.165) is 31.2 Å². The maximum atomic E-state index is 12.2. The summed E-state index contributed by atoms with van der Waals surface area (Å²) >= 11 is 1.20. The van der Waals surface area contributed by atoms with Crippen LogP contribution in [0.15, 0.2) is 33.9 Å². The van der Waals surface area contributed by atoms with Crippen molar-refractivity contribution < 1.29 is 14.0 Å². The molecule has 0 radical (unpaired) electrons. The Hall–Kier alpha value is -2.02. The molecule has 7 heteroatoms. The number of hydrogen-bond acceptors (Lipinski definition) is 5. The molecule has 2 N–H and O–H groups in total. The minimum atomic E-state index is -0.477. The van der Waals surface area contributed by atoms with Gasteiger partial charge in [-0.3, -0.25) is 10.1 Å². The molecule has 128 valence electrons. The minimum absolute atomic E-state index is 0.173. The van der Waals surface area contributed by atoms with E-state index in [1.54, 1.807) is 6.92 Å². The van der Waals surface area contributed by atoms with Crippen LogP contribution < -0.4 is 10.6 Å². The molecule has 24 heavy (non-hydrogen) atoms. The molecule has 1 saturated carbocycles. The number of thioether (sulfide) groups is 1. The first-order chi connectivity index (χ1) is 11.6. The van der Waals surface area contributed by atoms with Crippen molar-refractivity contribution in [1.29, 1.82) is 0 Å². The monoisotopic (exact) mass is 347 g/mol. The summed E-state index contributed by atoms with van der Waals surface area (Å²) in [4.78, 5) is 28.4. The smallest absolute Gasteiger partial charge is 0.321 e. The number of rotatable bonds is 4. The topological polar surface area (TPSA) is 84.2 Å². The standard InChI is InChI=1S/C17H21N3O3S/c1-11(24-17-19-13-9-5-6-10-14(13)23-17)15(21)20-16(22)18-12-7-3-2-4-8-12/h5-6,9-12H,2-4,7-8H2,1H3,(H2,18,20,21,22). The molecule has 1 atom stereocenters. The maximum Gasteiger partial charge on any atom is 0.321 e. The molecule has 1 unspecified atom stereocenters. The summed E-state index contributed by atoms with van der Waals surface area (Å²) in [5, 5.41) is 5.22. The van der Waals surface area contributed by atoms with Crippen molar-refractivity contribution in [2.24, 2.45) is 0 Å². The molecule has 0 bridgehead atoms. The lowest BCUT2D eigenvalue weighted by Crippen LogP contribution is -2.47. The summed E-state index contributed by atoms with van der Waals surface area (Å²) in [5.74, 6) is -0.351. The van der Waals surface area contributed by atoms with Crippen molar-refractivity contribution >= 4 is 34.8 Å². The second kappa shape index (κ2) is 7.70. The van der Waals surface area contributed by atoms with E-state index in [0.29, 0.717) is 10.8 Å². The Kier molecular flexibility index (Phi) is 5.40. The molecule has 1 aromatic carbocycles. The normalized spacial score (nSPS) is 16.7. The van der Waals surface area contributed by atoms with Gasteiger partial charge in [0.15, 0.2) is 5.58 Å². The Morgan fingerprint density at radius 2 is 2.00 bits per heavy atom. The van der Waals surface area contributed by atoms with Crippen LogP contribution in [0.25, 0.3) is 11.1 Å². The van der Waals surface area contributed by atoms with E-state index in [9.17, 15) is 9.59 Å². The first-order valence-corrected chi connectivity index (χ1v) is 9.13. The highest BCUT2D eigenvalue weighted by molar-refractivity contribution is 8.00. The van der Waals surface area contributed by atoms with Crippen molar-refractivity contribution in [3.63, 3.8) is 0 Å². The number of aromatic nitrogens is 1. The van der Waals surface area contributed by atoms with Gasteiger partial charge in [0.25, 0.3) is 5.22 Å². The van der Waals surface area contributed by atoms with Crippen LogP contribution in [-0.4, -0.2) is 28.2 Å². The summed E-state index contributed by atoms with van der Waals surface area (Å²) in [6, 6.07) is 7.18. The molecule has 1 aliphatic carbocycles. The molecule has 2 aromatic rings. The maximum absolute atomic E-state index is 12.2. The number of carbonyl (C=O) groups excluding carboxylic acids is 2. The number of nitrogens with one attached hydrogen (secondary N) is 2. The van der Waals surface area contributed by atoms with Gasteiger partial charge in [-0.2, -0.15) is 0 Å². The molecule has 0 saturated heterocycles. The van der Waals surface area contributed by atoms with E-state index in [1.807, 2.05) is 24.3 Å². The number of carbonyl (C=O) groups is 2. The van der Waals surface area contributed by atoms with E-state index < -0.39 is 11.3 Å². The Labute approximate surface area is 144 Å². The highest BCUT2D eigenvalue weighted by Gasteiger charge is 2.22. The lowest BCUT2D eigenvalue weighted by molar-refractivity contribution is -0.119. The Morgan fingerprint density at radius 1 is 1.25 bits per heavy atom. The third kappa shape index (κ3) is 4.29. The second-order valence-electron chi connectivity index (χ2n) is 6.01. The van der Waals surface area contributed by atoms with Gasteiger partial charge in [-0.05, 0) is 31.9 Å². The Bertz CT molecular complexity index is 692. The zero-order valence-corrected chi connectivity index (χ0v) is 14.4. The number of oxazole rings is 1. The zero-order chi connectivity index (χ0) is 16.9. The van der Waals surface area contributed by atoms with Crippen LogP contribution in [-0.2, 0) is 4.79 Å². The fourth-order valence-corrected chi connectivity index (χ4v) is 3.55. The van der Waals surface area contributed by atoms with Gasteiger partial charge in [0, 0.05) is 6.04 Å². The van der Waals surface area contributed by atoms with Gasteiger partial charge in [-0.1, -0.05) is 43.2 Å². The van der Waals surface area contributed by atoms with Gasteiger partial charge in [0.2, 0.25) is 5.91 Å². The number of fused-ring (bicyclic) bond motifs is 1. The largest absolute Gasteiger partial charge is 0.431 e. The van der Waals surface area contributed by atoms with E-state index in [-0.39, 0.29) is 11.9 Å². The Morgan fingerprint density at radius 3 is 2.75 bits per heavy atom. The molecule has 3 rings (SSSR count). The lowest BCUT2D eigenvalue weighted by atomic mass is 9.96. The van der Waals surface area contributed by atoms with Crippen LogP contribution in [0.5, 0.6) is 0 Å². The van der Waals surface area contributed by atoms with Crippen LogP contribution in [0.1, 0.15) is 39.0 Å². The summed E-state index contributed by atoms with van der Waals surface area (Å²) in [6.45, 7) is 1.72. The van der Waals surface area contributed by atoms with Gasteiger partial charge >= 0.3 is 6.03 Å². The van der Waals surface area contributed by atoms with E-state index in [1.165, 1.54) is 18.2 Å². The molecule has 1 aromatic heterocycles. The highest BCUT2D eigenvalue weighted by atomic mass is 32.2. The number of benzene rings is 1. The molecule has 6 nitrogen and oxygen atoms in total. The van der Waals surface area contributed by atoms with Gasteiger partial charge in [0.05, 0.1) is 5.25 Å². The van der Waals surface area contributed by atoms with Crippen LogP contribution in [0, 0.1) is 0 Å². The molecule has 1 fully saturated rings. The predicted molar refractivity (Wildman–Crippen MR) is 92.9 cm³/mol. The van der Waals surface area contributed by atoms with Crippen molar-refractivity contribution in [3.05, 3.63) is 24.3 Å². The number of para-hydroxylation sites is 2. The number of amides is 3. The van der Waals surface area contributed by atoms with Crippen molar-refractivity contribution in [2.75, 3.05) is 0 Å². The van der Waals surface area contributed by atoms with Gasteiger partial charge in [-0.25, -0.2) is 9.78 Å². The third-order valence-corrected chi connectivity index (χ3v) is 5.04. The summed E-state index contributed by atoms with van der Waals surface area (Å²) < 4.78 is 5.59. The number of nitrogens with zero attached hydrogens (tertiary/aromatic N) is 1. The number of urea groups is 1. The number of hydrogen-bond donors (Lipinski definition) is 2. The van der Waals surface area contributed by atoms with Crippen molar-refractivity contribution in [1.82, 2.24) is 15.6 Å². The van der Waals surface area contributed by atoms with Crippen LogP contribution >= 0.6 is 11.8 Å². The lowest BCUT2D eigenvalue weighted by Gasteiger charge is -2.22. The molecular weight excluding hydrogens is 326 g/mol. The van der Waals surface area contributed by atoms with Crippen molar-refractivity contribution in [3.8, 4) is 0 Å². The van der Waals surface area contributed by atoms with Gasteiger partial charge in [0.1, 0.15) is 5.52 Å². The van der Waals surface area contributed by atoms with Crippen LogP contribution in [0.4, 0.5) is 4.79 Å². The molecule has 3 amide bonds. The average molecular weight is 347 g/mol. The second-order valence-corrected chi connectivity index (χ2v) is 7.30. The molecular formula is C17H21N3O3S. The fourth-order valence-electron chi connectivity index (χ4n) is 2.79. The summed E-state index contributed by atoms with van der Waals surface area (Å²) in [7, 11) is 0. The fraction of sp³-hybridized carbons (Fsp3) is 0.471. The predicted octanol–water partition coefficient (Wildman–Crippen LogP) is 3.47. The average Bonchev–Trinajstić information content (AvgIpc) is 2.97. The molecule has 0 aliphatic heterocycles. The minimum Gasteiger partial charge on any atom is -0.431 e. The van der Waals surface area contributed by atoms with Gasteiger partial charge in [-0.15, -0.1) is 0 Å². The zero-order valence-electron chi connectivity index (χ0n) is 13.6. The molecule has 1 aliphatic rings. The van der Waals surface area contributed by atoms with E-state index in [2.05, 4.69) is 15.6 Å². The SMILES string of the molecule is CC(Sc1nc2ccccc2o1)C(=O)NC(=O)NC1CCCCC1. The summed E-state index contributed by atoms with van der Waals surface area (Å²) in [6.07, 6.45) is 5.44. The highest BCUT2D eigenvalue weighted by Crippen LogP contribution is 2.26. The van der Waals surface area contributed by atoms with E-state index >= 15 is 0 Å². The third-order valence-electron chi connectivity index (χ3n) is 4.10.